The topological polar surface area (TPSA) is 501 Å². The van der Waals surface area contributed by atoms with Crippen molar-refractivity contribution in [2.75, 3.05) is 118 Å². The number of aliphatic carboxylic acids is 12. The van der Waals surface area contributed by atoms with Gasteiger partial charge in [0, 0.05) is 118 Å². The van der Waals surface area contributed by atoms with Crippen LogP contribution < -0.4 is 61.3 Å². The zero-order chi connectivity index (χ0) is 49.2. The van der Waals surface area contributed by atoms with Gasteiger partial charge in [-0.05, 0) is 19.3 Å². The Kier molecular flexibility index (Phi) is 51.8. The average Bonchev–Trinajstić information content (AvgIpc) is 3.05. The molecule has 67 heavy (non-hydrogen) atoms. The molecule has 0 aliphatic rings. The van der Waals surface area contributed by atoms with Crippen LogP contribution in [0.1, 0.15) is 19.3 Å². The van der Waals surface area contributed by atoms with Gasteiger partial charge in [-0.15, -0.1) is 0 Å². The van der Waals surface area contributed by atoms with Gasteiger partial charge in [-0.3, -0.25) is 29.4 Å². The number of hydrogen-bond donors (Lipinski definition) is 0. The van der Waals surface area contributed by atoms with Crippen molar-refractivity contribution in [1.82, 2.24) is 29.4 Å². The zero-order valence-electron chi connectivity index (χ0n) is 34.7. The molecule has 0 heterocycles. The summed E-state index contributed by atoms with van der Waals surface area (Å²) in [6.07, 6.45) is 0.420. The number of nitrogens with zero attached hydrogens (tertiary/aromatic N) is 6. The molecule has 0 fully saturated rings. The third kappa shape index (κ3) is 57.5. The Bertz CT molecular complexity index is 1190. The minimum atomic E-state index is -1.47. The molecule has 0 rings (SSSR count). The van der Waals surface area contributed by atoms with Crippen LogP contribution in [-0.4, -0.2) is 219 Å². The summed E-state index contributed by atoms with van der Waals surface area (Å²) in [5.74, 6) is -17.7. The van der Waals surface area contributed by atoms with E-state index in [2.05, 4.69) is 0 Å². The predicted molar refractivity (Wildman–Crippen MR) is 173 cm³/mol. The zero-order valence-corrected chi connectivity index (χ0v) is 39.2. The molecule has 0 atom stereocenters. The van der Waals surface area contributed by atoms with Crippen molar-refractivity contribution in [1.29, 1.82) is 0 Å². The Morgan fingerprint density at radius 3 is 0.328 bits per heavy atom. The molecule has 30 nitrogen and oxygen atoms in total. The van der Waals surface area contributed by atoms with Crippen LogP contribution in [-0.2, 0) is 126 Å². The van der Waals surface area contributed by atoms with Crippen molar-refractivity contribution in [3.05, 3.63) is 0 Å². The van der Waals surface area contributed by atoms with Gasteiger partial charge in [0.25, 0.3) is 0 Å². The van der Waals surface area contributed by atoms with Crippen molar-refractivity contribution in [3.63, 3.8) is 0 Å². The van der Waals surface area contributed by atoms with Crippen molar-refractivity contribution in [2.24, 2.45) is 0 Å². The molecular weight excluding hydrogens is 1090 g/mol. The molecular formula is C33H42Fe4N6O24. The Balaban J connectivity index is -0.000000157. The van der Waals surface area contributed by atoms with Crippen molar-refractivity contribution < 1.29 is 187 Å². The number of carboxylic acid groups (broad SMARTS) is 12. The fourth-order valence-electron chi connectivity index (χ4n) is 5.03. The summed E-state index contributed by atoms with van der Waals surface area (Å²) in [4.78, 5) is 131. The van der Waals surface area contributed by atoms with Gasteiger partial charge >= 0.3 is 68.3 Å². The van der Waals surface area contributed by atoms with Gasteiger partial charge < -0.3 is 119 Å². The minimum Gasteiger partial charge on any atom is -0.549 e. The van der Waals surface area contributed by atoms with E-state index in [-0.39, 0.29) is 127 Å². The number of hydrogen-bond acceptors (Lipinski definition) is 30. The van der Waals surface area contributed by atoms with Crippen LogP contribution in [0.2, 0.25) is 0 Å². The van der Waals surface area contributed by atoms with E-state index in [9.17, 15) is 119 Å². The minimum absolute atomic E-state index is 0. The molecule has 0 N–H and O–H groups in total. The summed E-state index contributed by atoms with van der Waals surface area (Å²) in [6, 6.07) is 0. The van der Waals surface area contributed by atoms with Gasteiger partial charge in [-0.25, -0.2) is 0 Å². The first kappa shape index (κ1) is 76.7. The smallest absolute Gasteiger partial charge is 0.549 e. The first-order chi connectivity index (χ1) is 29.1. The molecule has 380 valence electrons. The molecule has 0 saturated heterocycles. The van der Waals surface area contributed by atoms with Crippen LogP contribution in [0.25, 0.3) is 0 Å². The standard InChI is InChI=1S/3C11H18N2O8.4Fe/c3*14-8(15)4-12(5-9(16)17)2-1-3-13(6-10(18)19)7-11(20)21;;;;/h3*1-7H2,(H,14,15)(H,16,17)(H,18,19)(H,20,21);;;;/q;;;4*+3/p-12. The van der Waals surface area contributed by atoms with E-state index in [1.165, 1.54) is 0 Å². The number of rotatable bonds is 36. The Hall–Kier alpha value is -4.52. The second-order valence-electron chi connectivity index (χ2n) is 12.8. The van der Waals surface area contributed by atoms with Crippen LogP contribution >= 0.6 is 0 Å². The maximum Gasteiger partial charge on any atom is 3.00 e. The van der Waals surface area contributed by atoms with Crippen molar-refractivity contribution in [2.45, 2.75) is 19.3 Å². The predicted octanol–water partition coefficient (Wildman–Crippen LogP) is -21.1. The molecule has 0 amide bonds. The first-order valence-electron chi connectivity index (χ1n) is 17.8. The summed E-state index contributed by atoms with van der Waals surface area (Å²) >= 11 is 0. The Morgan fingerprint density at radius 1 is 0.194 bits per heavy atom. The van der Waals surface area contributed by atoms with E-state index >= 15 is 0 Å². The molecule has 0 unspecified atom stereocenters. The fraction of sp³-hybridized carbons (Fsp3) is 0.636. The second-order valence-corrected chi connectivity index (χ2v) is 12.8. The quantitative estimate of drug-likeness (QED) is 0.0526. The van der Waals surface area contributed by atoms with E-state index in [4.69, 9.17) is 0 Å². The Labute approximate surface area is 423 Å². The number of carbonyl (C=O) groups excluding carboxylic acids is 12. The van der Waals surface area contributed by atoms with Crippen LogP contribution in [0.15, 0.2) is 0 Å². The van der Waals surface area contributed by atoms with Gasteiger partial charge in [-0.2, -0.15) is 0 Å². The fourth-order valence-corrected chi connectivity index (χ4v) is 5.03. The average molecular weight is 1130 g/mol. The molecule has 0 bridgehead atoms. The first-order valence-corrected chi connectivity index (χ1v) is 17.8. The molecule has 34 heteroatoms. The van der Waals surface area contributed by atoms with E-state index in [1.54, 1.807) is 0 Å². The molecule has 0 aliphatic heterocycles. The van der Waals surface area contributed by atoms with Gasteiger partial charge in [0.2, 0.25) is 0 Å². The summed E-state index contributed by atoms with van der Waals surface area (Å²) in [5.41, 5.74) is 0. The molecule has 0 aromatic carbocycles. The summed E-state index contributed by atoms with van der Waals surface area (Å²) in [5, 5.41) is 125. The molecule has 0 aliphatic carbocycles. The summed E-state index contributed by atoms with van der Waals surface area (Å²) in [7, 11) is 0. The van der Waals surface area contributed by atoms with E-state index in [0.717, 1.165) is 29.4 Å². The van der Waals surface area contributed by atoms with E-state index in [1.807, 2.05) is 0 Å². The third-order valence-electron chi connectivity index (χ3n) is 7.08. The summed E-state index contributed by atoms with van der Waals surface area (Å²) < 4.78 is 0. The van der Waals surface area contributed by atoms with Gasteiger partial charge in [-0.1, -0.05) is 0 Å². The van der Waals surface area contributed by atoms with Gasteiger partial charge in [0.05, 0.1) is 71.6 Å². The number of carboxylic acids is 12. The molecule has 4 radical (unpaired) electrons. The SMILES string of the molecule is O=C([O-])CN(CCCN(CC(=O)[O-])CC(=O)[O-])CC(=O)[O-].O=C([O-])CN(CCCN(CC(=O)[O-])CC(=O)[O-])CC(=O)[O-].O=C([O-])CN(CCCN(CC(=O)[O-])CC(=O)[O-])CC(=O)[O-].[Fe+3].[Fe+3].[Fe+3].[Fe+3]. The maximum absolute atomic E-state index is 10.4. The van der Waals surface area contributed by atoms with E-state index < -0.39 is 150 Å². The summed E-state index contributed by atoms with van der Waals surface area (Å²) in [6.45, 7) is -7.65. The van der Waals surface area contributed by atoms with Gasteiger partial charge in [0.15, 0.2) is 0 Å². The normalized spacial score (nSPS) is 10.1. The Morgan fingerprint density at radius 2 is 0.269 bits per heavy atom. The van der Waals surface area contributed by atoms with Crippen LogP contribution in [0, 0.1) is 0 Å². The molecule has 0 aromatic heterocycles. The third-order valence-corrected chi connectivity index (χ3v) is 7.08. The molecule has 0 spiro atoms. The van der Waals surface area contributed by atoms with Crippen molar-refractivity contribution >= 4 is 71.6 Å². The number of carbonyl (C=O) groups is 12. The largest absolute Gasteiger partial charge is 3.00 e. The van der Waals surface area contributed by atoms with Crippen LogP contribution in [0.4, 0.5) is 0 Å². The van der Waals surface area contributed by atoms with Crippen molar-refractivity contribution in [3.8, 4) is 0 Å². The molecule has 0 aromatic rings. The molecule has 0 saturated carbocycles. The van der Waals surface area contributed by atoms with Crippen LogP contribution in [0.3, 0.4) is 0 Å². The van der Waals surface area contributed by atoms with Gasteiger partial charge in [0.1, 0.15) is 0 Å². The second kappa shape index (κ2) is 45.3. The van der Waals surface area contributed by atoms with Crippen LogP contribution in [0.5, 0.6) is 0 Å². The van der Waals surface area contributed by atoms with E-state index in [0.29, 0.717) is 0 Å². The monoisotopic (exact) mass is 1130 g/mol. The maximum atomic E-state index is 10.4.